The van der Waals surface area contributed by atoms with Gasteiger partial charge in [0.15, 0.2) is 5.78 Å². The Hall–Kier alpha value is -2.68. The van der Waals surface area contributed by atoms with Crippen molar-refractivity contribution in [2.75, 3.05) is 0 Å². The molecule has 0 aliphatic heterocycles. The summed E-state index contributed by atoms with van der Waals surface area (Å²) in [7, 11) is 0. The van der Waals surface area contributed by atoms with Crippen molar-refractivity contribution >= 4 is 11.6 Å². The molecule has 0 amide bonds. The third kappa shape index (κ3) is 10.8. The van der Waals surface area contributed by atoms with Crippen LogP contribution in [0.15, 0.2) is 60.7 Å². The Labute approximate surface area is 183 Å². The maximum Gasteiger partial charge on any atom is 0.159 e. The molecule has 0 aliphatic rings. The van der Waals surface area contributed by atoms with Crippen LogP contribution in [0.5, 0.6) is 5.75 Å². The van der Waals surface area contributed by atoms with Crippen LogP contribution in [0.1, 0.15) is 71.0 Å². The first kappa shape index (κ1) is 25.4. The molecule has 1 N–H and O–H groups in total. The van der Waals surface area contributed by atoms with E-state index in [4.69, 9.17) is 0 Å². The average Bonchev–Trinajstić information content (AvgIpc) is 2.74. The lowest BCUT2D eigenvalue weighted by Gasteiger charge is -2.02. The number of aryl methyl sites for hydroxylation is 2. The second-order valence-electron chi connectivity index (χ2n) is 7.42. The highest BCUT2D eigenvalue weighted by Crippen LogP contribution is 2.17. The number of hydrogen-bond acceptors (Lipinski definition) is 3. The van der Waals surface area contributed by atoms with Crippen LogP contribution in [0, 0.1) is 0 Å². The smallest absolute Gasteiger partial charge is 0.159 e. The fourth-order valence-corrected chi connectivity index (χ4v) is 2.93. The fourth-order valence-electron chi connectivity index (χ4n) is 2.93. The minimum absolute atomic E-state index is 0. The molecule has 0 heterocycles. The lowest BCUT2D eigenvalue weighted by atomic mass is 10.0. The Kier molecular flexibility index (Phi) is 12.8. The topological polar surface area (TPSA) is 54.4 Å². The third-order valence-electron chi connectivity index (χ3n) is 4.76. The summed E-state index contributed by atoms with van der Waals surface area (Å²) < 4.78 is 0. The summed E-state index contributed by atoms with van der Waals surface area (Å²) in [6.45, 7) is 6.24. The van der Waals surface area contributed by atoms with Crippen LogP contribution in [0.25, 0.3) is 0 Å². The van der Waals surface area contributed by atoms with Crippen LogP contribution in [0.2, 0.25) is 0 Å². The minimum Gasteiger partial charge on any atom is -0.508 e. The molecule has 2 aromatic carbocycles. The Morgan fingerprint density at radius 1 is 0.900 bits per heavy atom. The first-order chi connectivity index (χ1) is 14.5. The van der Waals surface area contributed by atoms with Crippen molar-refractivity contribution in [3.8, 4) is 5.75 Å². The van der Waals surface area contributed by atoms with Crippen molar-refractivity contribution < 1.29 is 16.1 Å². The summed E-state index contributed by atoms with van der Waals surface area (Å²) in [6, 6.07) is 15.5. The molecule has 0 unspecified atom stereocenters. The molecule has 2 aromatic rings. The van der Waals surface area contributed by atoms with Gasteiger partial charge in [-0.05, 0) is 54.5 Å². The van der Waals surface area contributed by atoms with Crippen molar-refractivity contribution in [1.29, 1.82) is 0 Å². The standard InChI is InChI=1S/C15H20O.C12H16O2.H2/c1-3-5-6-7-15(16)12-14-10-8-13(4-2)9-11-14;1-2-5-11(13)9-8-10-6-3-4-7-12(10)14;/h6-11H,3-5,12H2,1-2H3;3-4,6-7,14H,2,5,8-9H2,1H3;1H/b7-6-;;. The molecule has 0 atom stereocenters. The van der Waals surface area contributed by atoms with E-state index in [0.717, 1.165) is 36.8 Å². The molecule has 0 saturated heterocycles. The molecule has 3 nitrogen and oxygen atoms in total. The Morgan fingerprint density at radius 3 is 2.17 bits per heavy atom. The molecule has 2 rings (SSSR count). The normalized spacial score (nSPS) is 10.5. The molecular formula is C27H38O3. The van der Waals surface area contributed by atoms with Crippen LogP contribution < -0.4 is 0 Å². The van der Waals surface area contributed by atoms with Gasteiger partial charge in [0.2, 0.25) is 0 Å². The number of phenols is 1. The van der Waals surface area contributed by atoms with Crippen LogP contribution in [-0.2, 0) is 28.9 Å². The van der Waals surface area contributed by atoms with E-state index in [1.54, 1.807) is 18.2 Å². The van der Waals surface area contributed by atoms with E-state index in [2.05, 4.69) is 26.0 Å². The van der Waals surface area contributed by atoms with Gasteiger partial charge in [-0.25, -0.2) is 0 Å². The Morgan fingerprint density at radius 2 is 1.57 bits per heavy atom. The van der Waals surface area contributed by atoms with E-state index >= 15 is 0 Å². The quantitative estimate of drug-likeness (QED) is 0.422. The number of carbonyl (C=O) groups is 2. The SMILES string of the molecule is CCC/C=C\C(=O)Cc1ccc(CC)cc1.CCCC(=O)CCc1ccccc1O.[HH]. The molecule has 3 heteroatoms. The first-order valence-electron chi connectivity index (χ1n) is 11.1. The summed E-state index contributed by atoms with van der Waals surface area (Å²) in [4.78, 5) is 22.8. The average molecular weight is 411 g/mol. The predicted molar refractivity (Wildman–Crippen MR) is 127 cm³/mol. The molecule has 0 saturated carbocycles. The van der Waals surface area contributed by atoms with Crippen molar-refractivity contribution in [3.63, 3.8) is 0 Å². The number of aromatic hydroxyl groups is 1. The van der Waals surface area contributed by atoms with Crippen molar-refractivity contribution in [1.82, 2.24) is 0 Å². The minimum atomic E-state index is 0. The zero-order valence-electron chi connectivity index (χ0n) is 18.7. The van der Waals surface area contributed by atoms with E-state index in [9.17, 15) is 14.7 Å². The summed E-state index contributed by atoms with van der Waals surface area (Å²) in [6.07, 6.45) is 10.0. The fraction of sp³-hybridized carbons (Fsp3) is 0.407. The number of Topliss-reactive ketones (excluding diaryl/α,β-unsaturated/α-hetero) is 1. The van der Waals surface area contributed by atoms with Gasteiger partial charge < -0.3 is 5.11 Å². The van der Waals surface area contributed by atoms with Crippen LogP contribution in [-0.4, -0.2) is 16.7 Å². The number of para-hydroxylation sites is 1. The van der Waals surface area contributed by atoms with Crippen molar-refractivity contribution in [3.05, 3.63) is 77.4 Å². The lowest BCUT2D eigenvalue weighted by molar-refractivity contribution is -0.119. The molecule has 0 spiro atoms. The number of hydrogen-bond donors (Lipinski definition) is 1. The largest absolute Gasteiger partial charge is 0.508 e. The summed E-state index contributed by atoms with van der Waals surface area (Å²) in [5.41, 5.74) is 3.28. The Balaban J connectivity index is 0.000000567. The number of unbranched alkanes of at least 4 members (excludes halogenated alkanes) is 1. The maximum absolute atomic E-state index is 11.6. The van der Waals surface area contributed by atoms with Gasteiger partial charge in [0, 0.05) is 20.7 Å². The molecule has 0 aliphatic carbocycles. The lowest BCUT2D eigenvalue weighted by Crippen LogP contribution is -1.99. The number of ketones is 2. The van der Waals surface area contributed by atoms with Gasteiger partial charge in [0.1, 0.15) is 11.5 Å². The third-order valence-corrected chi connectivity index (χ3v) is 4.76. The zero-order chi connectivity index (χ0) is 22.2. The number of benzene rings is 2. The Bertz CT molecular complexity index is 794. The van der Waals surface area contributed by atoms with Gasteiger partial charge in [-0.3, -0.25) is 9.59 Å². The van der Waals surface area contributed by atoms with Crippen molar-refractivity contribution in [2.45, 2.75) is 72.1 Å². The van der Waals surface area contributed by atoms with Crippen molar-refractivity contribution in [2.24, 2.45) is 0 Å². The summed E-state index contributed by atoms with van der Waals surface area (Å²) in [5, 5.41) is 9.44. The van der Waals surface area contributed by atoms with E-state index in [1.807, 2.05) is 37.3 Å². The molecular weight excluding hydrogens is 372 g/mol. The molecule has 0 bridgehead atoms. The molecule has 0 radical (unpaired) electrons. The molecule has 30 heavy (non-hydrogen) atoms. The van der Waals surface area contributed by atoms with Crippen LogP contribution >= 0.6 is 0 Å². The number of allylic oxidation sites excluding steroid dienone is 2. The second kappa shape index (κ2) is 15.2. The predicted octanol–water partition coefficient (Wildman–Crippen LogP) is 6.66. The number of carbonyl (C=O) groups excluding carboxylic acids is 2. The second-order valence-corrected chi connectivity index (χ2v) is 7.42. The van der Waals surface area contributed by atoms with Crippen LogP contribution in [0.4, 0.5) is 0 Å². The van der Waals surface area contributed by atoms with Gasteiger partial charge in [-0.2, -0.15) is 0 Å². The van der Waals surface area contributed by atoms with Gasteiger partial charge in [0.25, 0.3) is 0 Å². The van der Waals surface area contributed by atoms with E-state index in [0.29, 0.717) is 25.7 Å². The first-order valence-corrected chi connectivity index (χ1v) is 11.1. The molecule has 0 fully saturated rings. The number of rotatable bonds is 11. The van der Waals surface area contributed by atoms with E-state index in [1.165, 1.54) is 5.56 Å². The van der Waals surface area contributed by atoms with Gasteiger partial charge in [-0.15, -0.1) is 0 Å². The number of phenolic OH excluding ortho intramolecular Hbond substituents is 1. The van der Waals surface area contributed by atoms with Gasteiger partial charge in [0.05, 0.1) is 0 Å². The highest BCUT2D eigenvalue weighted by molar-refractivity contribution is 5.91. The zero-order valence-corrected chi connectivity index (χ0v) is 18.7. The van der Waals surface area contributed by atoms with E-state index < -0.39 is 0 Å². The van der Waals surface area contributed by atoms with Gasteiger partial charge in [-0.1, -0.05) is 75.7 Å². The highest BCUT2D eigenvalue weighted by Gasteiger charge is 2.04. The molecule has 0 aromatic heterocycles. The highest BCUT2D eigenvalue weighted by atomic mass is 16.3. The van der Waals surface area contributed by atoms with E-state index in [-0.39, 0.29) is 18.7 Å². The monoisotopic (exact) mass is 410 g/mol. The summed E-state index contributed by atoms with van der Waals surface area (Å²) in [5.74, 6) is 0.755. The molecule has 164 valence electrons. The van der Waals surface area contributed by atoms with Crippen LogP contribution in [0.3, 0.4) is 0 Å². The van der Waals surface area contributed by atoms with Gasteiger partial charge >= 0.3 is 0 Å². The summed E-state index contributed by atoms with van der Waals surface area (Å²) >= 11 is 0. The maximum atomic E-state index is 11.6.